The van der Waals surface area contributed by atoms with E-state index in [0.717, 1.165) is 19.3 Å². The molecule has 3 atom stereocenters. The molecule has 0 heterocycles. The van der Waals surface area contributed by atoms with E-state index in [2.05, 4.69) is 24.3 Å². The van der Waals surface area contributed by atoms with E-state index in [9.17, 15) is 4.79 Å². The normalized spacial score (nSPS) is 31.8. The average molecular weight is 256 g/mol. The second-order valence-corrected chi connectivity index (χ2v) is 5.83. The maximum Gasteiger partial charge on any atom is 0.126 e. The van der Waals surface area contributed by atoms with Crippen LogP contribution in [0.4, 0.5) is 0 Å². The quantitative estimate of drug-likeness (QED) is 0.443. The maximum atomic E-state index is 11.5. The molecule has 0 unspecified atom stereocenters. The van der Waals surface area contributed by atoms with Crippen molar-refractivity contribution in [2.75, 3.05) is 6.61 Å². The Morgan fingerprint density at radius 3 is 2.74 bits per heavy atom. The predicted molar refractivity (Wildman–Crippen MR) is 74.6 cm³/mol. The molecule has 2 bridgehead atoms. The summed E-state index contributed by atoms with van der Waals surface area (Å²) in [5.41, 5.74) is 1.05. The van der Waals surface area contributed by atoms with Crippen molar-refractivity contribution >= 4 is 6.29 Å². The van der Waals surface area contributed by atoms with Gasteiger partial charge in [-0.05, 0) is 36.7 Å². The lowest BCUT2D eigenvalue weighted by molar-refractivity contribution is -0.118. The van der Waals surface area contributed by atoms with Crippen molar-refractivity contribution in [2.24, 2.45) is 17.3 Å². The summed E-state index contributed by atoms with van der Waals surface area (Å²) in [6.07, 6.45) is 8.74. The number of ether oxygens (including phenoxy) is 1. The molecule has 100 valence electrons. The molecule has 3 rings (SSSR count). The molecule has 0 amide bonds. The lowest BCUT2D eigenvalue weighted by atomic mass is 9.75. The van der Waals surface area contributed by atoms with Gasteiger partial charge in [-0.15, -0.1) is 0 Å². The molecule has 2 aliphatic rings. The van der Waals surface area contributed by atoms with Gasteiger partial charge in [-0.2, -0.15) is 0 Å². The topological polar surface area (TPSA) is 26.3 Å². The summed E-state index contributed by atoms with van der Waals surface area (Å²) < 4.78 is 5.73. The summed E-state index contributed by atoms with van der Waals surface area (Å²) in [4.78, 5) is 11.5. The molecular formula is C17H20O2. The van der Waals surface area contributed by atoms with Crippen LogP contribution in [-0.2, 0) is 16.1 Å². The van der Waals surface area contributed by atoms with E-state index >= 15 is 0 Å². The number of allylic oxidation sites excluding steroid dienone is 2. The van der Waals surface area contributed by atoms with Crippen LogP contribution in [0.1, 0.15) is 24.8 Å². The van der Waals surface area contributed by atoms with Crippen LogP contribution < -0.4 is 0 Å². The zero-order chi connectivity index (χ0) is 13.1. The minimum atomic E-state index is -0.143. The van der Waals surface area contributed by atoms with Crippen molar-refractivity contribution in [3.05, 3.63) is 48.0 Å². The van der Waals surface area contributed by atoms with E-state index in [0.29, 0.717) is 25.0 Å². The zero-order valence-corrected chi connectivity index (χ0v) is 11.1. The van der Waals surface area contributed by atoms with Crippen LogP contribution in [0.15, 0.2) is 42.5 Å². The van der Waals surface area contributed by atoms with Gasteiger partial charge in [-0.25, -0.2) is 0 Å². The highest BCUT2D eigenvalue weighted by molar-refractivity contribution is 5.62. The van der Waals surface area contributed by atoms with E-state index < -0.39 is 0 Å². The number of carbonyl (C=O) groups is 1. The SMILES string of the molecule is O=C[C@]1(CCOCc2ccccc2)C[C@H]2C=C[C@@H]1C2. The third kappa shape index (κ3) is 2.50. The summed E-state index contributed by atoms with van der Waals surface area (Å²) in [5, 5.41) is 0. The molecule has 0 N–H and O–H groups in total. The molecule has 1 fully saturated rings. The third-order valence-corrected chi connectivity index (χ3v) is 4.61. The second-order valence-electron chi connectivity index (χ2n) is 5.83. The summed E-state index contributed by atoms with van der Waals surface area (Å²) >= 11 is 0. The number of rotatable bonds is 6. The van der Waals surface area contributed by atoms with Crippen LogP contribution in [0, 0.1) is 17.3 Å². The molecule has 1 aromatic carbocycles. The minimum absolute atomic E-state index is 0.143. The molecule has 1 aromatic rings. The maximum absolute atomic E-state index is 11.5. The van der Waals surface area contributed by atoms with Crippen molar-refractivity contribution in [1.29, 1.82) is 0 Å². The number of hydrogen-bond acceptors (Lipinski definition) is 2. The van der Waals surface area contributed by atoms with Crippen molar-refractivity contribution in [2.45, 2.75) is 25.9 Å². The molecule has 19 heavy (non-hydrogen) atoms. The van der Waals surface area contributed by atoms with Gasteiger partial charge in [0.15, 0.2) is 0 Å². The highest BCUT2D eigenvalue weighted by Gasteiger charge is 2.47. The molecule has 2 nitrogen and oxygen atoms in total. The molecular weight excluding hydrogens is 236 g/mol. The smallest absolute Gasteiger partial charge is 0.126 e. The number of benzene rings is 1. The first kappa shape index (κ1) is 12.6. The lowest BCUT2D eigenvalue weighted by Gasteiger charge is -2.29. The Bertz CT molecular complexity index is 465. The Balaban J connectivity index is 1.49. The van der Waals surface area contributed by atoms with Crippen molar-refractivity contribution in [3.63, 3.8) is 0 Å². The first-order valence-electron chi connectivity index (χ1n) is 7.09. The van der Waals surface area contributed by atoms with E-state index in [-0.39, 0.29) is 5.41 Å². The summed E-state index contributed by atoms with van der Waals surface area (Å²) in [5.74, 6) is 1.08. The summed E-state index contributed by atoms with van der Waals surface area (Å²) in [6, 6.07) is 10.2. The molecule has 2 aliphatic carbocycles. The van der Waals surface area contributed by atoms with Gasteiger partial charge in [0.05, 0.1) is 6.61 Å². The highest BCUT2D eigenvalue weighted by atomic mass is 16.5. The molecule has 0 aliphatic heterocycles. The van der Waals surface area contributed by atoms with Gasteiger partial charge in [0, 0.05) is 12.0 Å². The summed E-state index contributed by atoms with van der Waals surface area (Å²) in [7, 11) is 0. The molecule has 0 saturated heterocycles. The standard InChI is InChI=1S/C17H20O2/c18-13-17(11-15-6-7-16(17)10-15)8-9-19-12-14-4-2-1-3-5-14/h1-7,13,15-16H,8-12H2/t15-,16+,17-/m0/s1. The Labute approximate surface area is 114 Å². The van der Waals surface area contributed by atoms with Crippen molar-refractivity contribution in [1.82, 2.24) is 0 Å². The lowest BCUT2D eigenvalue weighted by Crippen LogP contribution is -2.29. The fraction of sp³-hybridized carbons (Fsp3) is 0.471. The largest absolute Gasteiger partial charge is 0.377 e. The Hall–Kier alpha value is -1.41. The predicted octanol–water partition coefficient (Wildman–Crippen LogP) is 3.37. The first-order valence-corrected chi connectivity index (χ1v) is 7.09. The van der Waals surface area contributed by atoms with Crippen LogP contribution in [-0.4, -0.2) is 12.9 Å². The van der Waals surface area contributed by atoms with Crippen LogP contribution in [0.2, 0.25) is 0 Å². The van der Waals surface area contributed by atoms with Gasteiger partial charge in [-0.1, -0.05) is 42.5 Å². The van der Waals surface area contributed by atoms with Gasteiger partial charge < -0.3 is 9.53 Å². The van der Waals surface area contributed by atoms with E-state index in [4.69, 9.17) is 4.74 Å². The molecule has 0 radical (unpaired) electrons. The van der Waals surface area contributed by atoms with Crippen LogP contribution in [0.5, 0.6) is 0 Å². The zero-order valence-electron chi connectivity index (χ0n) is 11.1. The first-order chi connectivity index (χ1) is 9.32. The van der Waals surface area contributed by atoms with E-state index in [1.165, 1.54) is 11.8 Å². The van der Waals surface area contributed by atoms with Gasteiger partial charge in [-0.3, -0.25) is 0 Å². The Morgan fingerprint density at radius 2 is 2.11 bits per heavy atom. The summed E-state index contributed by atoms with van der Waals surface area (Å²) in [6.45, 7) is 1.31. The molecule has 1 saturated carbocycles. The van der Waals surface area contributed by atoms with Crippen LogP contribution >= 0.6 is 0 Å². The fourth-order valence-corrected chi connectivity index (χ4v) is 3.50. The van der Waals surface area contributed by atoms with Gasteiger partial charge in [0.25, 0.3) is 0 Å². The number of carbonyl (C=O) groups excluding carboxylic acids is 1. The second kappa shape index (κ2) is 5.30. The van der Waals surface area contributed by atoms with Gasteiger partial charge in [0.1, 0.15) is 6.29 Å². The molecule has 0 spiro atoms. The van der Waals surface area contributed by atoms with Crippen LogP contribution in [0.3, 0.4) is 0 Å². The third-order valence-electron chi connectivity index (χ3n) is 4.61. The van der Waals surface area contributed by atoms with Gasteiger partial charge in [0.2, 0.25) is 0 Å². The Morgan fingerprint density at radius 1 is 1.26 bits per heavy atom. The van der Waals surface area contributed by atoms with Crippen molar-refractivity contribution < 1.29 is 9.53 Å². The van der Waals surface area contributed by atoms with Gasteiger partial charge >= 0.3 is 0 Å². The van der Waals surface area contributed by atoms with E-state index in [1.807, 2.05) is 18.2 Å². The number of hydrogen-bond donors (Lipinski definition) is 0. The van der Waals surface area contributed by atoms with E-state index in [1.54, 1.807) is 0 Å². The Kier molecular flexibility index (Phi) is 3.52. The average Bonchev–Trinajstić information content (AvgIpc) is 3.06. The fourth-order valence-electron chi connectivity index (χ4n) is 3.50. The molecule has 2 heteroatoms. The number of aldehydes is 1. The molecule has 0 aromatic heterocycles. The minimum Gasteiger partial charge on any atom is -0.377 e. The number of fused-ring (bicyclic) bond motifs is 2. The highest BCUT2D eigenvalue weighted by Crippen LogP contribution is 2.52. The van der Waals surface area contributed by atoms with Crippen molar-refractivity contribution in [3.8, 4) is 0 Å². The van der Waals surface area contributed by atoms with Crippen LogP contribution in [0.25, 0.3) is 0 Å². The monoisotopic (exact) mass is 256 g/mol.